The highest BCUT2D eigenvalue weighted by Gasteiger charge is 2.20. The van der Waals surface area contributed by atoms with Gasteiger partial charge in [-0.1, -0.05) is 6.42 Å². The van der Waals surface area contributed by atoms with Gasteiger partial charge in [0.15, 0.2) is 0 Å². The molecule has 2 N–H and O–H groups in total. The first-order valence-corrected chi connectivity index (χ1v) is 6.70. The predicted octanol–water partition coefficient (Wildman–Crippen LogP) is 1.90. The van der Waals surface area contributed by atoms with Crippen LogP contribution in [0.25, 0.3) is 0 Å². The second-order valence-corrected chi connectivity index (χ2v) is 5.40. The first-order chi connectivity index (χ1) is 8.65. The van der Waals surface area contributed by atoms with Gasteiger partial charge >= 0.3 is 0 Å². The van der Waals surface area contributed by atoms with Crippen LogP contribution in [0.2, 0.25) is 0 Å². The Morgan fingerprint density at radius 3 is 2.94 bits per heavy atom. The molecule has 0 aliphatic heterocycles. The van der Waals surface area contributed by atoms with Crippen molar-refractivity contribution in [1.82, 2.24) is 10.3 Å². The number of nitrogens with one attached hydrogen (secondary N) is 2. The lowest BCUT2D eigenvalue weighted by Crippen LogP contribution is -2.32. The van der Waals surface area contributed by atoms with E-state index in [-0.39, 0.29) is 16.8 Å². The quantitative estimate of drug-likeness (QED) is 0.823. The van der Waals surface area contributed by atoms with Gasteiger partial charge in [-0.25, -0.2) is 0 Å². The van der Waals surface area contributed by atoms with Crippen molar-refractivity contribution in [3.8, 4) is 0 Å². The highest BCUT2D eigenvalue weighted by atomic mass is 35.5. The molecule has 4 nitrogen and oxygen atoms in total. The minimum absolute atomic E-state index is 0.150. The van der Waals surface area contributed by atoms with Crippen LogP contribution >= 0.6 is 11.6 Å². The first-order valence-electron chi connectivity index (χ1n) is 6.26. The van der Waals surface area contributed by atoms with Crippen molar-refractivity contribution in [2.24, 2.45) is 5.92 Å². The number of alkyl halides is 1. The molecule has 1 amide bonds. The van der Waals surface area contributed by atoms with Gasteiger partial charge in [0.05, 0.1) is 5.56 Å². The fraction of sp³-hybridized carbons (Fsp3) is 0.538. The molecule has 1 heterocycles. The number of hydrogen-bond donors (Lipinski definition) is 2. The first kappa shape index (κ1) is 13.1. The van der Waals surface area contributed by atoms with Crippen molar-refractivity contribution in [3.05, 3.63) is 34.2 Å². The maximum absolute atomic E-state index is 11.8. The molecule has 1 aliphatic rings. The molecular weight excluding hydrogens is 252 g/mol. The summed E-state index contributed by atoms with van der Waals surface area (Å²) in [6.07, 6.45) is 5.73. The molecule has 2 atom stereocenters. The number of aromatic amines is 1. The zero-order valence-corrected chi connectivity index (χ0v) is 10.9. The fourth-order valence-electron chi connectivity index (χ4n) is 2.30. The van der Waals surface area contributed by atoms with Crippen LogP contribution in [0, 0.1) is 5.92 Å². The van der Waals surface area contributed by atoms with Gasteiger partial charge < -0.3 is 10.3 Å². The molecule has 1 aromatic rings. The molecule has 1 aliphatic carbocycles. The van der Waals surface area contributed by atoms with E-state index in [4.69, 9.17) is 11.6 Å². The largest absolute Gasteiger partial charge is 0.352 e. The van der Waals surface area contributed by atoms with E-state index in [0.29, 0.717) is 18.0 Å². The minimum atomic E-state index is -0.205. The number of carbonyl (C=O) groups is 1. The highest BCUT2D eigenvalue weighted by molar-refractivity contribution is 6.20. The molecule has 98 valence electrons. The molecule has 0 aromatic carbocycles. The van der Waals surface area contributed by atoms with Gasteiger partial charge in [-0.05, 0) is 31.2 Å². The molecule has 5 heteroatoms. The van der Waals surface area contributed by atoms with Gasteiger partial charge in [-0.3, -0.25) is 9.59 Å². The number of halogens is 1. The molecule has 0 spiro atoms. The number of H-pyrrole nitrogens is 1. The van der Waals surface area contributed by atoms with Crippen molar-refractivity contribution in [2.75, 3.05) is 6.54 Å². The topological polar surface area (TPSA) is 62.0 Å². The lowest BCUT2D eigenvalue weighted by molar-refractivity contribution is 0.0943. The predicted molar refractivity (Wildman–Crippen MR) is 71.0 cm³/mol. The second-order valence-electron chi connectivity index (χ2n) is 4.78. The highest BCUT2D eigenvalue weighted by Crippen LogP contribution is 2.27. The Morgan fingerprint density at radius 2 is 2.28 bits per heavy atom. The van der Waals surface area contributed by atoms with Crippen LogP contribution in [-0.4, -0.2) is 22.8 Å². The van der Waals surface area contributed by atoms with Crippen molar-refractivity contribution in [3.63, 3.8) is 0 Å². The van der Waals surface area contributed by atoms with Gasteiger partial charge in [0.1, 0.15) is 0 Å². The van der Waals surface area contributed by atoms with Crippen LogP contribution in [0.1, 0.15) is 36.0 Å². The van der Waals surface area contributed by atoms with E-state index in [1.165, 1.54) is 18.3 Å². The third-order valence-electron chi connectivity index (χ3n) is 3.32. The average Bonchev–Trinajstić information content (AvgIpc) is 2.37. The summed E-state index contributed by atoms with van der Waals surface area (Å²) < 4.78 is 0. The van der Waals surface area contributed by atoms with E-state index < -0.39 is 0 Å². The van der Waals surface area contributed by atoms with E-state index >= 15 is 0 Å². The molecule has 18 heavy (non-hydrogen) atoms. The van der Waals surface area contributed by atoms with E-state index in [9.17, 15) is 9.59 Å². The van der Waals surface area contributed by atoms with Crippen LogP contribution in [0.15, 0.2) is 23.1 Å². The van der Waals surface area contributed by atoms with Crippen LogP contribution < -0.4 is 10.9 Å². The van der Waals surface area contributed by atoms with Crippen LogP contribution in [0.3, 0.4) is 0 Å². The van der Waals surface area contributed by atoms with Crippen LogP contribution in [0.4, 0.5) is 0 Å². The average molecular weight is 269 g/mol. The SMILES string of the molecule is O=C(NCC1CCCC(Cl)C1)c1ccc(=O)[nH]c1. The number of hydrogen-bond acceptors (Lipinski definition) is 2. The maximum Gasteiger partial charge on any atom is 0.252 e. The van der Waals surface area contributed by atoms with Crippen molar-refractivity contribution < 1.29 is 4.79 Å². The summed E-state index contributed by atoms with van der Waals surface area (Å²) in [5, 5.41) is 3.13. The molecule has 0 saturated heterocycles. The van der Waals surface area contributed by atoms with E-state index in [2.05, 4.69) is 10.3 Å². The van der Waals surface area contributed by atoms with E-state index in [1.807, 2.05) is 0 Å². The minimum Gasteiger partial charge on any atom is -0.352 e. The number of amides is 1. The molecule has 2 rings (SSSR count). The summed E-state index contributed by atoms with van der Waals surface area (Å²) >= 11 is 6.11. The molecule has 0 bridgehead atoms. The van der Waals surface area contributed by atoms with Gasteiger partial charge in [0, 0.05) is 24.2 Å². The standard InChI is InChI=1S/C13H17ClN2O2/c14-11-3-1-2-9(6-11)7-16-13(18)10-4-5-12(17)15-8-10/h4-5,8-9,11H,1-3,6-7H2,(H,15,17)(H,16,18). The second kappa shape index (κ2) is 6.05. The monoisotopic (exact) mass is 268 g/mol. The Morgan fingerprint density at radius 1 is 1.44 bits per heavy atom. The Kier molecular flexibility index (Phi) is 4.42. The summed E-state index contributed by atoms with van der Waals surface area (Å²) in [6.45, 7) is 0.654. The summed E-state index contributed by atoms with van der Waals surface area (Å²) in [7, 11) is 0. The van der Waals surface area contributed by atoms with Gasteiger partial charge in [0.2, 0.25) is 5.56 Å². The van der Waals surface area contributed by atoms with Gasteiger partial charge in [-0.2, -0.15) is 0 Å². The molecular formula is C13H17ClN2O2. The van der Waals surface area contributed by atoms with E-state index in [0.717, 1.165) is 25.7 Å². The third-order valence-corrected chi connectivity index (χ3v) is 3.71. The lowest BCUT2D eigenvalue weighted by Gasteiger charge is -2.25. The van der Waals surface area contributed by atoms with Gasteiger partial charge in [0.25, 0.3) is 5.91 Å². The number of carbonyl (C=O) groups excluding carboxylic acids is 1. The van der Waals surface area contributed by atoms with Crippen molar-refractivity contribution >= 4 is 17.5 Å². The third kappa shape index (κ3) is 3.60. The van der Waals surface area contributed by atoms with Crippen molar-refractivity contribution in [1.29, 1.82) is 0 Å². The number of rotatable bonds is 3. The van der Waals surface area contributed by atoms with Crippen molar-refractivity contribution in [2.45, 2.75) is 31.1 Å². The Bertz CT molecular complexity index is 452. The Balaban J connectivity index is 1.84. The number of aromatic nitrogens is 1. The maximum atomic E-state index is 11.8. The zero-order valence-electron chi connectivity index (χ0n) is 10.1. The van der Waals surface area contributed by atoms with Gasteiger partial charge in [-0.15, -0.1) is 11.6 Å². The summed E-state index contributed by atoms with van der Waals surface area (Å²) in [4.78, 5) is 25.2. The van der Waals surface area contributed by atoms with E-state index in [1.54, 1.807) is 0 Å². The molecule has 0 radical (unpaired) electrons. The molecule has 1 aromatic heterocycles. The van der Waals surface area contributed by atoms with Crippen LogP contribution in [0.5, 0.6) is 0 Å². The smallest absolute Gasteiger partial charge is 0.252 e. The fourth-order valence-corrected chi connectivity index (χ4v) is 2.71. The summed E-state index contributed by atoms with van der Waals surface area (Å²) in [5.41, 5.74) is 0.275. The molecule has 1 fully saturated rings. The van der Waals surface area contributed by atoms with Crippen LogP contribution in [-0.2, 0) is 0 Å². The molecule has 1 saturated carbocycles. The zero-order chi connectivity index (χ0) is 13.0. The summed E-state index contributed by atoms with van der Waals surface area (Å²) in [5.74, 6) is 0.316. The number of pyridine rings is 1. The lowest BCUT2D eigenvalue weighted by atomic mass is 9.89. The Labute approximate surface area is 111 Å². The normalized spacial score (nSPS) is 23.6. The summed E-state index contributed by atoms with van der Waals surface area (Å²) in [6, 6.07) is 2.88. The molecule has 2 unspecified atom stereocenters. The Hall–Kier alpha value is -1.29.